The molecule has 0 aromatic heterocycles. The average molecular weight is 192 g/mol. The van der Waals surface area contributed by atoms with Crippen LogP contribution < -0.4 is 0 Å². The fraction of sp³-hybridized carbons (Fsp3) is 0.615. The summed E-state index contributed by atoms with van der Waals surface area (Å²) in [7, 11) is 0. The molecule has 0 aromatic carbocycles. The van der Waals surface area contributed by atoms with Gasteiger partial charge in [0.1, 0.15) is 0 Å². The molecule has 0 saturated carbocycles. The molecule has 0 spiro atoms. The summed E-state index contributed by atoms with van der Waals surface area (Å²) >= 11 is 0. The predicted molar refractivity (Wildman–Crippen MR) is 60.1 cm³/mol. The summed E-state index contributed by atoms with van der Waals surface area (Å²) in [5, 5.41) is 0. The number of hydrogen-bond acceptors (Lipinski definition) is 1. The van der Waals surface area contributed by atoms with Gasteiger partial charge in [-0.3, -0.25) is 4.79 Å². The number of hydrogen-bond donors (Lipinski definition) is 0. The van der Waals surface area contributed by atoms with E-state index in [1.807, 2.05) is 6.92 Å². The van der Waals surface area contributed by atoms with E-state index in [2.05, 4.69) is 26.0 Å². The van der Waals surface area contributed by atoms with E-state index in [4.69, 9.17) is 0 Å². The molecule has 1 rings (SSSR count). The number of carbonyl (C=O) groups excluding carboxylic acids is 1. The molecule has 0 radical (unpaired) electrons. The van der Waals surface area contributed by atoms with Crippen LogP contribution in [0.15, 0.2) is 23.3 Å². The molecule has 1 aliphatic carbocycles. The van der Waals surface area contributed by atoms with E-state index in [-0.39, 0.29) is 5.78 Å². The summed E-state index contributed by atoms with van der Waals surface area (Å²) in [6.45, 7) is 7.98. The van der Waals surface area contributed by atoms with Crippen LogP contribution in [0.4, 0.5) is 0 Å². The van der Waals surface area contributed by atoms with Crippen molar-refractivity contribution in [3.63, 3.8) is 0 Å². The SMILES string of the molecule is CC(=O)C(C)=CC1CCC(C)=CC1C. The van der Waals surface area contributed by atoms with Crippen molar-refractivity contribution in [1.82, 2.24) is 0 Å². The molecule has 2 atom stereocenters. The Hall–Kier alpha value is -0.850. The second-order valence-corrected chi connectivity index (χ2v) is 4.48. The van der Waals surface area contributed by atoms with Crippen LogP contribution in [-0.4, -0.2) is 5.78 Å². The highest BCUT2D eigenvalue weighted by atomic mass is 16.1. The van der Waals surface area contributed by atoms with E-state index in [0.717, 1.165) is 5.57 Å². The average Bonchev–Trinajstić information content (AvgIpc) is 2.09. The highest BCUT2D eigenvalue weighted by Gasteiger charge is 2.18. The zero-order valence-corrected chi connectivity index (χ0v) is 9.63. The van der Waals surface area contributed by atoms with Crippen LogP contribution in [0, 0.1) is 11.8 Å². The maximum absolute atomic E-state index is 11.1. The molecule has 0 fully saturated rings. The van der Waals surface area contributed by atoms with Crippen molar-refractivity contribution in [2.75, 3.05) is 0 Å². The van der Waals surface area contributed by atoms with Crippen LogP contribution in [-0.2, 0) is 4.79 Å². The Bertz CT molecular complexity index is 284. The molecular formula is C13H20O. The maximum atomic E-state index is 11.1. The lowest BCUT2D eigenvalue weighted by Gasteiger charge is -2.24. The molecule has 0 aliphatic heterocycles. The van der Waals surface area contributed by atoms with Gasteiger partial charge in [0.2, 0.25) is 0 Å². The minimum absolute atomic E-state index is 0.198. The summed E-state index contributed by atoms with van der Waals surface area (Å²) in [6.07, 6.45) is 6.85. The Labute approximate surface area is 86.9 Å². The quantitative estimate of drug-likeness (QED) is 0.483. The van der Waals surface area contributed by atoms with Crippen LogP contribution in [0.25, 0.3) is 0 Å². The van der Waals surface area contributed by atoms with Crippen LogP contribution in [0.2, 0.25) is 0 Å². The summed E-state index contributed by atoms with van der Waals surface area (Å²) in [6, 6.07) is 0. The highest BCUT2D eigenvalue weighted by molar-refractivity contribution is 5.92. The Balaban J connectivity index is 2.72. The first-order chi connectivity index (χ1) is 6.50. The molecule has 14 heavy (non-hydrogen) atoms. The van der Waals surface area contributed by atoms with E-state index < -0.39 is 0 Å². The maximum Gasteiger partial charge on any atom is 0.155 e. The van der Waals surface area contributed by atoms with Crippen LogP contribution >= 0.6 is 0 Å². The lowest BCUT2D eigenvalue weighted by Crippen LogP contribution is -2.13. The van der Waals surface area contributed by atoms with Crippen molar-refractivity contribution in [3.8, 4) is 0 Å². The second-order valence-electron chi connectivity index (χ2n) is 4.48. The van der Waals surface area contributed by atoms with Crippen LogP contribution in [0.1, 0.15) is 40.5 Å². The van der Waals surface area contributed by atoms with E-state index in [9.17, 15) is 4.79 Å². The van der Waals surface area contributed by atoms with Gasteiger partial charge in [-0.15, -0.1) is 0 Å². The monoisotopic (exact) mass is 192 g/mol. The topological polar surface area (TPSA) is 17.1 Å². The minimum atomic E-state index is 0.198. The molecule has 0 heterocycles. The lowest BCUT2D eigenvalue weighted by atomic mass is 9.81. The Morgan fingerprint density at radius 3 is 2.64 bits per heavy atom. The number of rotatable bonds is 2. The molecule has 0 saturated heterocycles. The van der Waals surface area contributed by atoms with Crippen molar-refractivity contribution >= 4 is 5.78 Å². The van der Waals surface area contributed by atoms with Gasteiger partial charge in [0.25, 0.3) is 0 Å². The normalized spacial score (nSPS) is 28.6. The van der Waals surface area contributed by atoms with E-state index in [1.54, 1.807) is 6.92 Å². The fourth-order valence-corrected chi connectivity index (χ4v) is 1.99. The van der Waals surface area contributed by atoms with E-state index >= 15 is 0 Å². The predicted octanol–water partition coefficient (Wildman–Crippen LogP) is 3.51. The fourth-order valence-electron chi connectivity index (χ4n) is 1.99. The van der Waals surface area contributed by atoms with E-state index in [0.29, 0.717) is 11.8 Å². The molecular weight excluding hydrogens is 172 g/mol. The zero-order chi connectivity index (χ0) is 10.7. The number of allylic oxidation sites excluding steroid dienone is 4. The number of ketones is 1. The van der Waals surface area contributed by atoms with Crippen molar-refractivity contribution in [3.05, 3.63) is 23.3 Å². The zero-order valence-electron chi connectivity index (χ0n) is 9.63. The van der Waals surface area contributed by atoms with Crippen molar-refractivity contribution in [2.45, 2.75) is 40.5 Å². The van der Waals surface area contributed by atoms with Crippen molar-refractivity contribution in [1.29, 1.82) is 0 Å². The van der Waals surface area contributed by atoms with Gasteiger partial charge in [-0.25, -0.2) is 0 Å². The van der Waals surface area contributed by atoms with Crippen LogP contribution in [0.5, 0.6) is 0 Å². The van der Waals surface area contributed by atoms with Crippen molar-refractivity contribution < 1.29 is 4.79 Å². The first-order valence-corrected chi connectivity index (χ1v) is 5.37. The molecule has 1 nitrogen and oxygen atoms in total. The third kappa shape index (κ3) is 2.83. The van der Waals surface area contributed by atoms with Gasteiger partial charge in [-0.1, -0.05) is 24.6 Å². The third-order valence-electron chi connectivity index (χ3n) is 3.11. The van der Waals surface area contributed by atoms with Gasteiger partial charge in [-0.2, -0.15) is 0 Å². The molecule has 0 N–H and O–H groups in total. The van der Waals surface area contributed by atoms with Gasteiger partial charge in [0.15, 0.2) is 5.78 Å². The van der Waals surface area contributed by atoms with E-state index in [1.165, 1.54) is 18.4 Å². The largest absolute Gasteiger partial charge is 0.295 e. The number of Topliss-reactive ketones (excluding diaryl/α,β-unsaturated/α-hetero) is 1. The Kier molecular flexibility index (Phi) is 3.68. The standard InChI is InChI=1S/C13H20O/c1-9-5-6-13(11(3)7-9)8-10(2)12(4)14/h7-8,11,13H,5-6H2,1-4H3. The van der Waals surface area contributed by atoms with Gasteiger partial charge in [0.05, 0.1) is 0 Å². The van der Waals surface area contributed by atoms with Gasteiger partial charge < -0.3 is 0 Å². The van der Waals surface area contributed by atoms with Crippen molar-refractivity contribution in [2.24, 2.45) is 11.8 Å². The smallest absolute Gasteiger partial charge is 0.155 e. The number of carbonyl (C=O) groups is 1. The molecule has 0 aromatic rings. The van der Waals surface area contributed by atoms with Gasteiger partial charge in [-0.05, 0) is 51.0 Å². The second kappa shape index (κ2) is 4.59. The Morgan fingerprint density at radius 2 is 2.14 bits per heavy atom. The summed E-state index contributed by atoms with van der Waals surface area (Å²) in [5.41, 5.74) is 2.40. The summed E-state index contributed by atoms with van der Waals surface area (Å²) in [5.74, 6) is 1.34. The molecule has 2 unspecified atom stereocenters. The lowest BCUT2D eigenvalue weighted by molar-refractivity contribution is -0.113. The highest BCUT2D eigenvalue weighted by Crippen LogP contribution is 2.30. The Morgan fingerprint density at radius 1 is 1.50 bits per heavy atom. The third-order valence-corrected chi connectivity index (χ3v) is 3.11. The first kappa shape index (κ1) is 11.2. The minimum Gasteiger partial charge on any atom is -0.295 e. The molecule has 78 valence electrons. The molecule has 0 bridgehead atoms. The summed E-state index contributed by atoms with van der Waals surface area (Å²) < 4.78 is 0. The van der Waals surface area contributed by atoms with Gasteiger partial charge in [0, 0.05) is 0 Å². The van der Waals surface area contributed by atoms with Gasteiger partial charge >= 0.3 is 0 Å². The molecule has 1 heteroatoms. The molecule has 1 aliphatic rings. The first-order valence-electron chi connectivity index (χ1n) is 5.37. The summed E-state index contributed by atoms with van der Waals surface area (Å²) in [4.78, 5) is 11.1. The molecule has 0 amide bonds. The van der Waals surface area contributed by atoms with Crippen LogP contribution in [0.3, 0.4) is 0 Å².